The van der Waals surface area contributed by atoms with Crippen molar-refractivity contribution in [2.45, 2.75) is 25.2 Å². The van der Waals surface area contributed by atoms with Gasteiger partial charge in [0.1, 0.15) is 17.2 Å². The van der Waals surface area contributed by atoms with Crippen molar-refractivity contribution < 1.29 is 31.1 Å². The number of aromatic nitrogens is 3. The van der Waals surface area contributed by atoms with E-state index >= 15 is 0 Å². The molecule has 0 atom stereocenters. The highest BCUT2D eigenvalue weighted by atomic mass is 19.4. The third-order valence-electron chi connectivity index (χ3n) is 5.01. The Morgan fingerprint density at radius 2 is 1.76 bits per heavy atom. The van der Waals surface area contributed by atoms with E-state index in [0.29, 0.717) is 44.5 Å². The van der Waals surface area contributed by atoms with Gasteiger partial charge in [-0.25, -0.2) is 10.1 Å². The number of anilines is 2. The summed E-state index contributed by atoms with van der Waals surface area (Å²) in [5.41, 5.74) is -3.54. The van der Waals surface area contributed by atoms with E-state index in [1.54, 1.807) is 14.9 Å². The number of alkyl halides is 6. The Morgan fingerprint density at radius 3 is 2.33 bits per heavy atom. The van der Waals surface area contributed by atoms with Gasteiger partial charge in [-0.1, -0.05) is 0 Å². The van der Waals surface area contributed by atoms with Gasteiger partial charge in [0.05, 0.1) is 5.56 Å². The number of piperazine rings is 1. The third-order valence-corrected chi connectivity index (χ3v) is 5.01. The molecule has 0 radical (unpaired) electrons. The SMILES string of the molecule is O=C(CCCNc1cc(C(F)(F)F)c(=O)[nH]n1)N1CCN(c2ccc(C(F)(F)F)cn2)CC1. The van der Waals surface area contributed by atoms with Crippen LogP contribution in [0.2, 0.25) is 0 Å². The fourth-order valence-electron chi connectivity index (χ4n) is 3.25. The zero-order chi connectivity index (χ0) is 24.2. The highest BCUT2D eigenvalue weighted by molar-refractivity contribution is 5.76. The molecule has 1 amide bonds. The first-order valence-electron chi connectivity index (χ1n) is 9.92. The van der Waals surface area contributed by atoms with Crippen LogP contribution in [0.1, 0.15) is 24.0 Å². The number of pyridine rings is 1. The largest absolute Gasteiger partial charge is 0.421 e. The van der Waals surface area contributed by atoms with Crippen molar-refractivity contribution in [3.8, 4) is 0 Å². The van der Waals surface area contributed by atoms with Gasteiger partial charge in [-0.05, 0) is 18.6 Å². The highest BCUT2D eigenvalue weighted by Crippen LogP contribution is 2.29. The maximum atomic E-state index is 12.8. The molecule has 0 saturated carbocycles. The summed E-state index contributed by atoms with van der Waals surface area (Å²) < 4.78 is 76.2. The lowest BCUT2D eigenvalue weighted by atomic mass is 10.2. The van der Waals surface area contributed by atoms with Gasteiger partial charge < -0.3 is 15.1 Å². The fraction of sp³-hybridized carbons (Fsp3) is 0.474. The van der Waals surface area contributed by atoms with Gasteiger partial charge in [-0.15, -0.1) is 0 Å². The molecule has 180 valence electrons. The average molecular weight is 478 g/mol. The summed E-state index contributed by atoms with van der Waals surface area (Å²) >= 11 is 0. The molecule has 33 heavy (non-hydrogen) atoms. The number of rotatable bonds is 6. The third kappa shape index (κ3) is 6.35. The number of carbonyl (C=O) groups is 1. The predicted molar refractivity (Wildman–Crippen MR) is 106 cm³/mol. The average Bonchev–Trinajstić information content (AvgIpc) is 2.76. The minimum absolute atomic E-state index is 0.140. The van der Waals surface area contributed by atoms with E-state index in [4.69, 9.17) is 0 Å². The Hall–Kier alpha value is -3.32. The topological polar surface area (TPSA) is 94.2 Å². The quantitative estimate of drug-likeness (QED) is 0.490. The number of aromatic amines is 1. The van der Waals surface area contributed by atoms with Crippen molar-refractivity contribution in [1.29, 1.82) is 0 Å². The molecule has 2 aromatic rings. The van der Waals surface area contributed by atoms with E-state index < -0.39 is 29.0 Å². The summed E-state index contributed by atoms with van der Waals surface area (Å²) in [5, 5.41) is 7.91. The number of carbonyl (C=O) groups excluding carboxylic acids is 1. The number of hydrogen-bond donors (Lipinski definition) is 2. The van der Waals surface area contributed by atoms with Crippen LogP contribution in [0, 0.1) is 0 Å². The molecule has 1 aliphatic rings. The number of nitrogens with one attached hydrogen (secondary N) is 2. The molecule has 1 aliphatic heterocycles. The first-order valence-corrected chi connectivity index (χ1v) is 9.92. The molecule has 2 N–H and O–H groups in total. The number of halogens is 6. The second-order valence-electron chi connectivity index (χ2n) is 7.29. The van der Waals surface area contributed by atoms with Gasteiger partial charge >= 0.3 is 12.4 Å². The smallest absolute Gasteiger partial charge is 0.369 e. The standard InChI is InChI=1S/C19H20F6N6O2/c20-18(21,22)12-3-4-15(27-11-12)30-6-8-31(9-7-30)16(32)2-1-5-26-14-10-13(19(23,24)25)17(33)29-28-14/h3-4,10-11H,1-2,5-9H2,(H,26,28)(H,29,33). The molecule has 2 aromatic heterocycles. The molecule has 0 aliphatic carbocycles. The summed E-state index contributed by atoms with van der Waals surface area (Å²) in [7, 11) is 0. The summed E-state index contributed by atoms with van der Waals surface area (Å²) in [5.74, 6) is 0.0835. The normalized spacial score (nSPS) is 15.0. The molecule has 3 rings (SSSR count). The zero-order valence-corrected chi connectivity index (χ0v) is 17.1. The van der Waals surface area contributed by atoms with Crippen LogP contribution in [0.4, 0.5) is 38.0 Å². The van der Waals surface area contributed by atoms with Crippen molar-refractivity contribution in [3.05, 3.63) is 45.9 Å². The van der Waals surface area contributed by atoms with Crippen LogP contribution in [0.25, 0.3) is 0 Å². The van der Waals surface area contributed by atoms with E-state index in [0.717, 1.165) is 12.3 Å². The number of H-pyrrole nitrogens is 1. The Balaban J connectivity index is 1.42. The van der Waals surface area contributed by atoms with E-state index in [2.05, 4.69) is 15.4 Å². The van der Waals surface area contributed by atoms with E-state index in [1.165, 1.54) is 6.07 Å². The lowest BCUT2D eigenvalue weighted by Gasteiger charge is -2.35. The van der Waals surface area contributed by atoms with E-state index in [-0.39, 0.29) is 24.7 Å². The van der Waals surface area contributed by atoms with Crippen LogP contribution >= 0.6 is 0 Å². The first kappa shape index (κ1) is 24.3. The van der Waals surface area contributed by atoms with Crippen LogP contribution in [-0.4, -0.2) is 58.7 Å². The van der Waals surface area contributed by atoms with Gasteiger partial charge in [-0.2, -0.15) is 31.4 Å². The van der Waals surface area contributed by atoms with E-state index in [9.17, 15) is 35.9 Å². The maximum absolute atomic E-state index is 12.8. The van der Waals surface area contributed by atoms with E-state index in [1.807, 2.05) is 0 Å². The fourth-order valence-corrected chi connectivity index (χ4v) is 3.25. The predicted octanol–water partition coefficient (Wildman–Crippen LogP) is 2.74. The lowest BCUT2D eigenvalue weighted by molar-refractivity contribution is -0.139. The molecule has 0 aromatic carbocycles. The molecular weight excluding hydrogens is 458 g/mol. The maximum Gasteiger partial charge on any atom is 0.421 e. The van der Waals surface area contributed by atoms with Crippen LogP contribution in [0.15, 0.2) is 29.2 Å². The Kier molecular flexibility index (Phi) is 7.12. The zero-order valence-electron chi connectivity index (χ0n) is 17.1. The molecule has 14 heteroatoms. The number of amides is 1. The molecule has 0 bridgehead atoms. The molecule has 3 heterocycles. The van der Waals surface area contributed by atoms with Crippen molar-refractivity contribution in [3.63, 3.8) is 0 Å². The second kappa shape index (κ2) is 9.67. The molecule has 1 saturated heterocycles. The Bertz CT molecular complexity index is 1010. The summed E-state index contributed by atoms with van der Waals surface area (Å²) in [4.78, 5) is 30.8. The van der Waals surface area contributed by atoms with Crippen LogP contribution in [0.5, 0.6) is 0 Å². The highest BCUT2D eigenvalue weighted by Gasteiger charge is 2.34. The molecule has 0 spiro atoms. The van der Waals surface area contributed by atoms with Gasteiger partial charge in [0.25, 0.3) is 5.56 Å². The van der Waals surface area contributed by atoms with Crippen molar-refractivity contribution in [1.82, 2.24) is 20.1 Å². The van der Waals surface area contributed by atoms with Crippen LogP contribution in [0.3, 0.4) is 0 Å². The Labute approximate surface area is 183 Å². The first-order chi connectivity index (χ1) is 15.4. The summed E-state index contributed by atoms with van der Waals surface area (Å²) in [6.45, 7) is 1.71. The lowest BCUT2D eigenvalue weighted by Crippen LogP contribution is -2.49. The molecule has 0 unspecified atom stereocenters. The number of hydrogen-bond acceptors (Lipinski definition) is 6. The van der Waals surface area contributed by atoms with Crippen molar-refractivity contribution >= 4 is 17.5 Å². The minimum atomic E-state index is -4.80. The molecule has 8 nitrogen and oxygen atoms in total. The molecular formula is C19H20F6N6O2. The summed E-state index contributed by atoms with van der Waals surface area (Å²) in [6, 6.07) is 2.86. The Morgan fingerprint density at radius 1 is 1.06 bits per heavy atom. The van der Waals surface area contributed by atoms with Gasteiger partial charge in [0, 0.05) is 51.4 Å². The van der Waals surface area contributed by atoms with Gasteiger partial charge in [0.15, 0.2) is 0 Å². The van der Waals surface area contributed by atoms with Crippen LogP contribution in [-0.2, 0) is 17.1 Å². The van der Waals surface area contributed by atoms with Crippen LogP contribution < -0.4 is 15.8 Å². The van der Waals surface area contributed by atoms with Gasteiger partial charge in [0.2, 0.25) is 5.91 Å². The monoisotopic (exact) mass is 478 g/mol. The number of nitrogens with zero attached hydrogens (tertiary/aromatic N) is 4. The minimum Gasteiger partial charge on any atom is -0.369 e. The van der Waals surface area contributed by atoms with Gasteiger partial charge in [-0.3, -0.25) is 9.59 Å². The van der Waals surface area contributed by atoms with Crippen molar-refractivity contribution in [2.24, 2.45) is 0 Å². The second-order valence-corrected chi connectivity index (χ2v) is 7.29. The van der Waals surface area contributed by atoms with Crippen molar-refractivity contribution in [2.75, 3.05) is 42.9 Å². The molecule has 1 fully saturated rings. The summed E-state index contributed by atoms with van der Waals surface area (Å²) in [6.07, 6.45) is -8.03.